The number of halogens is 1. The average molecular weight is 537 g/mol. The van der Waals surface area contributed by atoms with E-state index in [-0.39, 0.29) is 11.7 Å². The van der Waals surface area contributed by atoms with Crippen molar-refractivity contribution in [2.75, 3.05) is 24.3 Å². The van der Waals surface area contributed by atoms with Crippen LogP contribution in [0.1, 0.15) is 37.7 Å². The Kier molecular flexibility index (Phi) is 6.04. The topological polar surface area (TPSA) is 74.3 Å². The van der Waals surface area contributed by atoms with Crippen LogP contribution in [0.3, 0.4) is 0 Å². The lowest BCUT2D eigenvalue weighted by Crippen LogP contribution is -2.35. The highest BCUT2D eigenvalue weighted by atomic mass is 79.9. The van der Waals surface area contributed by atoms with Crippen molar-refractivity contribution in [1.82, 2.24) is 10.3 Å². The molecule has 0 radical (unpaired) electrons. The summed E-state index contributed by atoms with van der Waals surface area (Å²) >= 11 is 4.91. The number of dihydropyridines is 1. The van der Waals surface area contributed by atoms with Gasteiger partial charge in [0.2, 0.25) is 0 Å². The number of fused-ring (bicyclic) bond motifs is 1. The molecule has 174 valence electrons. The van der Waals surface area contributed by atoms with Crippen LogP contribution in [0, 0.1) is 0 Å². The summed E-state index contributed by atoms with van der Waals surface area (Å²) in [6.07, 6.45) is 2.15. The summed E-state index contributed by atoms with van der Waals surface area (Å²) < 4.78 is 1.95. The number of benzene rings is 2. The molecule has 8 heteroatoms. The number of hydrogen-bond acceptors (Lipinski definition) is 6. The Balaban J connectivity index is 1.55. The fourth-order valence-corrected chi connectivity index (χ4v) is 6.11. The lowest BCUT2D eigenvalue weighted by atomic mass is 9.75. The van der Waals surface area contributed by atoms with E-state index in [9.17, 15) is 9.59 Å². The van der Waals surface area contributed by atoms with Gasteiger partial charge in [-0.15, -0.1) is 0 Å². The van der Waals surface area contributed by atoms with Crippen LogP contribution >= 0.6 is 27.3 Å². The Bertz CT molecular complexity index is 1370. The second-order valence-electron chi connectivity index (χ2n) is 8.84. The van der Waals surface area contributed by atoms with E-state index in [0.717, 1.165) is 50.2 Å². The van der Waals surface area contributed by atoms with E-state index in [4.69, 9.17) is 0 Å². The predicted molar refractivity (Wildman–Crippen MR) is 141 cm³/mol. The third-order valence-electron chi connectivity index (χ3n) is 6.33. The van der Waals surface area contributed by atoms with E-state index < -0.39 is 5.92 Å². The van der Waals surface area contributed by atoms with Gasteiger partial charge in [-0.05, 0) is 55.7 Å². The van der Waals surface area contributed by atoms with Crippen LogP contribution in [0.4, 0.5) is 10.8 Å². The molecule has 1 aliphatic carbocycles. The monoisotopic (exact) mass is 536 g/mol. The van der Waals surface area contributed by atoms with Crippen molar-refractivity contribution >= 4 is 60.0 Å². The van der Waals surface area contributed by atoms with Crippen molar-refractivity contribution in [1.29, 1.82) is 0 Å². The number of allylic oxidation sites excluding steroid dienone is 3. The molecular weight excluding hydrogens is 512 g/mol. The summed E-state index contributed by atoms with van der Waals surface area (Å²) in [7, 11) is 3.98. The van der Waals surface area contributed by atoms with E-state index in [1.54, 1.807) is 0 Å². The van der Waals surface area contributed by atoms with Crippen molar-refractivity contribution in [2.24, 2.45) is 0 Å². The quantitative estimate of drug-likeness (QED) is 0.445. The van der Waals surface area contributed by atoms with Crippen LogP contribution < -0.4 is 15.5 Å². The van der Waals surface area contributed by atoms with Crippen LogP contribution in [-0.4, -0.2) is 30.8 Å². The number of carbonyl (C=O) groups excluding carboxylic acids is 2. The Morgan fingerprint density at radius 3 is 2.68 bits per heavy atom. The highest BCUT2D eigenvalue weighted by Crippen LogP contribution is 2.43. The smallest absolute Gasteiger partial charge is 0.256 e. The number of carbonyl (C=O) groups is 2. The molecule has 34 heavy (non-hydrogen) atoms. The molecule has 0 fully saturated rings. The van der Waals surface area contributed by atoms with E-state index in [2.05, 4.69) is 31.5 Å². The van der Waals surface area contributed by atoms with E-state index in [1.165, 1.54) is 11.3 Å². The fourth-order valence-electron chi connectivity index (χ4n) is 4.70. The molecule has 2 aliphatic rings. The Labute approximate surface area is 210 Å². The van der Waals surface area contributed by atoms with Crippen LogP contribution in [0.2, 0.25) is 0 Å². The molecule has 2 aromatic carbocycles. The SMILES string of the molecule is CC1=C(C(=O)Nc2nc3ccc(Br)cc3s2)C(c2ccc(N(C)C)cc2)C2=C(CCCC2=O)N1. The number of nitrogens with zero attached hydrogens (tertiary/aromatic N) is 2. The number of hydrogen-bond donors (Lipinski definition) is 2. The lowest BCUT2D eigenvalue weighted by molar-refractivity contribution is -0.116. The minimum absolute atomic E-state index is 0.109. The van der Waals surface area contributed by atoms with Gasteiger partial charge in [0.25, 0.3) is 5.91 Å². The van der Waals surface area contributed by atoms with Crippen molar-refractivity contribution in [2.45, 2.75) is 32.1 Å². The first kappa shape index (κ1) is 22.8. The summed E-state index contributed by atoms with van der Waals surface area (Å²) in [5.74, 6) is -0.545. The first-order valence-electron chi connectivity index (χ1n) is 11.2. The van der Waals surface area contributed by atoms with Gasteiger partial charge in [-0.2, -0.15) is 0 Å². The molecule has 1 unspecified atom stereocenters. The summed E-state index contributed by atoms with van der Waals surface area (Å²) in [6, 6.07) is 13.9. The second kappa shape index (κ2) is 9.00. The number of thiazole rings is 1. The first-order chi connectivity index (χ1) is 16.3. The molecule has 1 aromatic heterocycles. The zero-order valence-corrected chi connectivity index (χ0v) is 21.6. The molecule has 0 saturated heterocycles. The van der Waals surface area contributed by atoms with Gasteiger partial charge in [0.05, 0.1) is 10.2 Å². The van der Waals surface area contributed by atoms with Gasteiger partial charge in [-0.25, -0.2) is 4.98 Å². The maximum absolute atomic E-state index is 13.7. The summed E-state index contributed by atoms with van der Waals surface area (Å²) in [6.45, 7) is 1.91. The van der Waals surface area contributed by atoms with Gasteiger partial charge >= 0.3 is 0 Å². The molecule has 0 spiro atoms. The van der Waals surface area contributed by atoms with Gasteiger partial charge in [-0.3, -0.25) is 14.9 Å². The molecule has 5 rings (SSSR count). The zero-order valence-electron chi connectivity index (χ0n) is 19.2. The summed E-state index contributed by atoms with van der Waals surface area (Å²) in [5.41, 5.74) is 5.83. The Morgan fingerprint density at radius 2 is 1.94 bits per heavy atom. The molecule has 1 atom stereocenters. The van der Waals surface area contributed by atoms with Gasteiger partial charge in [0.1, 0.15) is 0 Å². The first-order valence-corrected chi connectivity index (χ1v) is 12.8. The van der Waals surface area contributed by atoms with Gasteiger partial charge in [-0.1, -0.05) is 39.4 Å². The standard InChI is InChI=1S/C26H25BrN4O2S/c1-14-22(25(33)30-26-29-18-12-9-16(27)13-21(18)34-26)23(15-7-10-17(11-8-15)31(2)3)24-19(28-14)5-4-6-20(24)32/h7-13,23,28H,4-6H2,1-3H3,(H,29,30,33). The van der Waals surface area contributed by atoms with Crippen LogP contribution in [0.25, 0.3) is 10.2 Å². The van der Waals surface area contributed by atoms with E-state index in [0.29, 0.717) is 22.7 Å². The largest absolute Gasteiger partial charge is 0.378 e. The third kappa shape index (κ3) is 4.16. The van der Waals surface area contributed by atoms with Gasteiger partial charge in [0, 0.05) is 59.1 Å². The third-order valence-corrected chi connectivity index (χ3v) is 7.76. The molecule has 2 N–H and O–H groups in total. The molecule has 1 aliphatic heterocycles. The maximum atomic E-state index is 13.7. The van der Waals surface area contributed by atoms with Gasteiger partial charge < -0.3 is 10.2 Å². The Hall–Kier alpha value is -2.97. The highest BCUT2D eigenvalue weighted by Gasteiger charge is 2.38. The van der Waals surface area contributed by atoms with Crippen LogP contribution in [0.15, 0.2) is 69.5 Å². The normalized spacial score (nSPS) is 18.1. The Morgan fingerprint density at radius 1 is 1.18 bits per heavy atom. The predicted octanol–water partition coefficient (Wildman–Crippen LogP) is 5.73. The number of aromatic nitrogens is 1. The number of nitrogens with one attached hydrogen (secondary N) is 2. The number of anilines is 2. The zero-order chi connectivity index (χ0) is 24.0. The van der Waals surface area contributed by atoms with Crippen molar-refractivity contribution in [3.63, 3.8) is 0 Å². The van der Waals surface area contributed by atoms with Crippen molar-refractivity contribution in [3.8, 4) is 0 Å². The van der Waals surface area contributed by atoms with Gasteiger partial charge in [0.15, 0.2) is 10.9 Å². The number of ketones is 1. The summed E-state index contributed by atoms with van der Waals surface area (Å²) in [4.78, 5) is 33.4. The molecular formula is C26H25BrN4O2S. The highest BCUT2D eigenvalue weighted by molar-refractivity contribution is 9.10. The van der Waals surface area contributed by atoms with E-state index >= 15 is 0 Å². The fraction of sp³-hybridized carbons (Fsp3) is 0.269. The molecule has 3 aromatic rings. The molecule has 0 saturated carbocycles. The number of amides is 1. The minimum Gasteiger partial charge on any atom is -0.378 e. The van der Waals surface area contributed by atoms with E-state index in [1.807, 2.05) is 68.4 Å². The number of rotatable bonds is 4. The number of Topliss-reactive ketones (excluding diaryl/α,β-unsaturated/α-hetero) is 1. The van der Waals surface area contributed by atoms with Crippen molar-refractivity contribution < 1.29 is 9.59 Å². The van der Waals surface area contributed by atoms with Crippen LogP contribution in [0.5, 0.6) is 0 Å². The van der Waals surface area contributed by atoms with Crippen molar-refractivity contribution in [3.05, 3.63) is 75.0 Å². The average Bonchev–Trinajstić information content (AvgIpc) is 3.19. The molecule has 6 nitrogen and oxygen atoms in total. The van der Waals surface area contributed by atoms with Crippen LogP contribution in [-0.2, 0) is 9.59 Å². The molecule has 0 bridgehead atoms. The molecule has 2 heterocycles. The maximum Gasteiger partial charge on any atom is 0.256 e. The summed E-state index contributed by atoms with van der Waals surface area (Å²) in [5, 5.41) is 6.92. The minimum atomic E-state index is -0.413. The molecule has 1 amide bonds. The lowest BCUT2D eigenvalue weighted by Gasteiger charge is -2.34. The second-order valence-corrected chi connectivity index (χ2v) is 10.8.